The quantitative estimate of drug-likeness (QED) is 0.431. The van der Waals surface area contributed by atoms with Crippen molar-refractivity contribution in [2.45, 2.75) is 13.3 Å². The molecule has 0 aliphatic rings. The van der Waals surface area contributed by atoms with Gasteiger partial charge in [-0.15, -0.1) is 0 Å². The highest BCUT2D eigenvalue weighted by molar-refractivity contribution is 5.93. The fraction of sp³-hybridized carbons (Fsp3) is 0.462. The summed E-state index contributed by atoms with van der Waals surface area (Å²) < 4.78 is 5.59. The lowest BCUT2D eigenvalue weighted by Crippen LogP contribution is -2.29. The number of ether oxygens (including phenoxy) is 1. The Morgan fingerprint density at radius 3 is 2.56 bits per heavy atom. The summed E-state index contributed by atoms with van der Waals surface area (Å²) in [7, 11) is 2.07. The molecule has 0 saturated heterocycles. The summed E-state index contributed by atoms with van der Waals surface area (Å²) in [4.78, 5) is 13.4. The van der Waals surface area contributed by atoms with Gasteiger partial charge in [-0.2, -0.15) is 0 Å². The predicted octanol–water partition coefficient (Wildman–Crippen LogP) is 1.01. The highest BCUT2D eigenvalue weighted by atomic mass is 16.5. The third kappa shape index (κ3) is 4.73. The van der Waals surface area contributed by atoms with Crippen molar-refractivity contribution >= 4 is 5.91 Å². The van der Waals surface area contributed by atoms with E-state index in [4.69, 9.17) is 10.6 Å². The highest BCUT2D eigenvalue weighted by Gasteiger charge is 2.03. The van der Waals surface area contributed by atoms with Gasteiger partial charge in [-0.25, -0.2) is 5.84 Å². The van der Waals surface area contributed by atoms with Crippen molar-refractivity contribution in [3.8, 4) is 5.75 Å². The molecule has 3 N–H and O–H groups in total. The normalized spacial score (nSPS) is 10.4. The summed E-state index contributed by atoms with van der Waals surface area (Å²) in [5.41, 5.74) is 2.61. The van der Waals surface area contributed by atoms with Crippen LogP contribution in [0.4, 0.5) is 0 Å². The zero-order chi connectivity index (χ0) is 13.4. The van der Waals surface area contributed by atoms with Crippen molar-refractivity contribution in [2.24, 2.45) is 5.84 Å². The first-order valence-electron chi connectivity index (χ1n) is 6.09. The van der Waals surface area contributed by atoms with E-state index < -0.39 is 0 Å². The number of nitrogens with one attached hydrogen (secondary N) is 1. The lowest BCUT2D eigenvalue weighted by Gasteiger charge is -2.15. The number of rotatable bonds is 7. The summed E-state index contributed by atoms with van der Waals surface area (Å²) in [6.45, 7) is 4.75. The van der Waals surface area contributed by atoms with Crippen LogP contribution in [0.3, 0.4) is 0 Å². The summed E-state index contributed by atoms with van der Waals surface area (Å²) in [6.07, 6.45) is 1.14. The zero-order valence-electron chi connectivity index (χ0n) is 11.0. The Labute approximate surface area is 108 Å². The number of hydrogen-bond acceptors (Lipinski definition) is 4. The van der Waals surface area contributed by atoms with E-state index in [9.17, 15) is 4.79 Å². The van der Waals surface area contributed by atoms with E-state index in [1.807, 2.05) is 0 Å². The van der Waals surface area contributed by atoms with Crippen LogP contribution >= 0.6 is 0 Å². The fourth-order valence-corrected chi connectivity index (χ4v) is 1.60. The second kappa shape index (κ2) is 7.68. The molecular formula is C13H21N3O2. The topological polar surface area (TPSA) is 67.6 Å². The minimum atomic E-state index is -0.302. The first-order valence-corrected chi connectivity index (χ1v) is 6.09. The Kier molecular flexibility index (Phi) is 6.18. The van der Waals surface area contributed by atoms with Gasteiger partial charge in [-0.3, -0.25) is 10.2 Å². The molecule has 1 aromatic rings. The van der Waals surface area contributed by atoms with E-state index in [-0.39, 0.29) is 5.91 Å². The first kappa shape index (κ1) is 14.5. The molecule has 18 heavy (non-hydrogen) atoms. The maximum atomic E-state index is 11.2. The lowest BCUT2D eigenvalue weighted by molar-refractivity contribution is 0.0953. The van der Waals surface area contributed by atoms with E-state index in [1.165, 1.54) is 0 Å². The van der Waals surface area contributed by atoms with Crippen molar-refractivity contribution < 1.29 is 9.53 Å². The minimum absolute atomic E-state index is 0.302. The van der Waals surface area contributed by atoms with E-state index in [2.05, 4.69) is 24.3 Å². The van der Waals surface area contributed by atoms with Crippen LogP contribution < -0.4 is 16.0 Å². The van der Waals surface area contributed by atoms with Crippen molar-refractivity contribution in [3.63, 3.8) is 0 Å². The fourth-order valence-electron chi connectivity index (χ4n) is 1.60. The average molecular weight is 251 g/mol. The van der Waals surface area contributed by atoms with Gasteiger partial charge in [0.1, 0.15) is 12.4 Å². The van der Waals surface area contributed by atoms with Crippen molar-refractivity contribution in [1.29, 1.82) is 0 Å². The van der Waals surface area contributed by atoms with Gasteiger partial charge in [0.15, 0.2) is 0 Å². The van der Waals surface area contributed by atoms with Crippen molar-refractivity contribution in [2.75, 3.05) is 26.7 Å². The molecule has 0 aliphatic carbocycles. The van der Waals surface area contributed by atoms with Gasteiger partial charge in [0.25, 0.3) is 5.91 Å². The maximum absolute atomic E-state index is 11.2. The van der Waals surface area contributed by atoms with Crippen molar-refractivity contribution in [3.05, 3.63) is 29.8 Å². The summed E-state index contributed by atoms with van der Waals surface area (Å²) in [5, 5.41) is 0. The Morgan fingerprint density at radius 1 is 1.33 bits per heavy atom. The molecule has 0 heterocycles. The molecule has 0 fully saturated rings. The number of hydrogen-bond donors (Lipinski definition) is 2. The van der Waals surface area contributed by atoms with Crippen molar-refractivity contribution in [1.82, 2.24) is 10.3 Å². The molecule has 1 aromatic carbocycles. The summed E-state index contributed by atoms with van der Waals surface area (Å²) in [6, 6.07) is 6.91. The molecule has 0 spiro atoms. The van der Waals surface area contributed by atoms with E-state index in [0.717, 1.165) is 25.3 Å². The van der Waals surface area contributed by atoms with Crippen LogP contribution in [0.15, 0.2) is 24.3 Å². The van der Waals surface area contributed by atoms with Gasteiger partial charge in [0, 0.05) is 12.1 Å². The first-order chi connectivity index (χ1) is 8.67. The Balaban J connectivity index is 2.37. The number of amides is 1. The van der Waals surface area contributed by atoms with E-state index >= 15 is 0 Å². The standard InChI is InChI=1S/C13H21N3O2/c1-3-8-16(2)9-10-18-12-6-4-11(5-7-12)13(17)15-14/h4-7H,3,8-10,14H2,1-2H3,(H,15,17). The van der Waals surface area contributed by atoms with E-state index in [0.29, 0.717) is 12.2 Å². The SMILES string of the molecule is CCCN(C)CCOc1ccc(C(=O)NN)cc1. The number of benzene rings is 1. The van der Waals surface area contributed by atoms with Gasteiger partial charge < -0.3 is 9.64 Å². The number of carbonyl (C=O) groups excluding carboxylic acids is 1. The number of nitrogens with zero attached hydrogens (tertiary/aromatic N) is 1. The molecule has 0 unspecified atom stereocenters. The molecular weight excluding hydrogens is 230 g/mol. The van der Waals surface area contributed by atoms with Gasteiger partial charge in [-0.05, 0) is 44.3 Å². The molecule has 0 aromatic heterocycles. The Morgan fingerprint density at radius 2 is 2.00 bits per heavy atom. The minimum Gasteiger partial charge on any atom is -0.492 e. The number of likely N-dealkylation sites (N-methyl/N-ethyl adjacent to an activating group) is 1. The smallest absolute Gasteiger partial charge is 0.265 e. The van der Waals surface area contributed by atoms with Crippen LogP contribution in [0.1, 0.15) is 23.7 Å². The van der Waals surface area contributed by atoms with Gasteiger partial charge in [0.2, 0.25) is 0 Å². The molecule has 5 nitrogen and oxygen atoms in total. The van der Waals surface area contributed by atoms with Crippen LogP contribution in [-0.2, 0) is 0 Å². The van der Waals surface area contributed by atoms with E-state index in [1.54, 1.807) is 24.3 Å². The third-order valence-corrected chi connectivity index (χ3v) is 2.59. The van der Waals surface area contributed by atoms with Crippen LogP contribution in [-0.4, -0.2) is 37.6 Å². The van der Waals surface area contributed by atoms with Gasteiger partial charge in [0.05, 0.1) is 0 Å². The molecule has 100 valence electrons. The number of nitrogen functional groups attached to an aromatic ring is 1. The summed E-state index contributed by atoms with van der Waals surface area (Å²) >= 11 is 0. The Hall–Kier alpha value is -1.59. The number of hydrazine groups is 1. The van der Waals surface area contributed by atoms with Crippen LogP contribution in [0.25, 0.3) is 0 Å². The molecule has 0 radical (unpaired) electrons. The van der Waals surface area contributed by atoms with Gasteiger partial charge >= 0.3 is 0 Å². The third-order valence-electron chi connectivity index (χ3n) is 2.59. The number of nitrogens with two attached hydrogens (primary N) is 1. The molecule has 0 bridgehead atoms. The zero-order valence-corrected chi connectivity index (χ0v) is 11.0. The van der Waals surface area contributed by atoms with Crippen LogP contribution in [0.5, 0.6) is 5.75 Å². The molecule has 1 amide bonds. The van der Waals surface area contributed by atoms with Gasteiger partial charge in [-0.1, -0.05) is 6.92 Å². The second-order valence-electron chi connectivity index (χ2n) is 4.15. The average Bonchev–Trinajstić information content (AvgIpc) is 2.39. The lowest BCUT2D eigenvalue weighted by atomic mass is 10.2. The molecule has 0 atom stereocenters. The largest absolute Gasteiger partial charge is 0.492 e. The predicted molar refractivity (Wildman–Crippen MR) is 71.4 cm³/mol. The maximum Gasteiger partial charge on any atom is 0.265 e. The molecule has 0 saturated carbocycles. The second-order valence-corrected chi connectivity index (χ2v) is 4.15. The Bertz CT molecular complexity index is 365. The van der Waals surface area contributed by atoms with Crippen LogP contribution in [0.2, 0.25) is 0 Å². The molecule has 1 rings (SSSR count). The number of carbonyl (C=O) groups is 1. The molecule has 5 heteroatoms. The van der Waals surface area contributed by atoms with Crippen LogP contribution in [0, 0.1) is 0 Å². The highest BCUT2D eigenvalue weighted by Crippen LogP contribution is 2.11. The monoisotopic (exact) mass is 251 g/mol. The molecule has 0 aliphatic heterocycles. The summed E-state index contributed by atoms with van der Waals surface area (Å²) in [5.74, 6) is 5.50.